The summed E-state index contributed by atoms with van der Waals surface area (Å²) in [5.41, 5.74) is 12.3. The van der Waals surface area contributed by atoms with Crippen LogP contribution in [0.25, 0.3) is 32.6 Å². The fourth-order valence-corrected chi connectivity index (χ4v) is 5.39. The fraction of sp³-hybridized carbons (Fsp3) is 0.103. The number of ether oxygens (including phenoxy) is 2. The molecule has 6 nitrogen and oxygen atoms in total. The Hall–Kier alpha value is -3.88. The Kier molecular flexibility index (Phi) is 6.86. The molecule has 0 aliphatic heterocycles. The molecule has 1 amide bonds. The highest BCUT2D eigenvalue weighted by Gasteiger charge is 2.22. The van der Waals surface area contributed by atoms with Gasteiger partial charge in [0.1, 0.15) is 9.71 Å². The Morgan fingerprint density at radius 3 is 2.27 bits per heavy atom. The molecule has 0 aliphatic rings. The van der Waals surface area contributed by atoms with Crippen molar-refractivity contribution in [1.82, 2.24) is 4.98 Å². The molecule has 0 spiro atoms. The zero-order valence-corrected chi connectivity index (χ0v) is 22.9. The van der Waals surface area contributed by atoms with Gasteiger partial charge in [0, 0.05) is 21.1 Å². The van der Waals surface area contributed by atoms with Crippen molar-refractivity contribution in [2.24, 2.45) is 0 Å². The predicted molar refractivity (Wildman–Crippen MR) is 155 cm³/mol. The third-order valence-corrected chi connectivity index (χ3v) is 7.68. The summed E-state index contributed by atoms with van der Waals surface area (Å²) >= 11 is 4.77. The van der Waals surface area contributed by atoms with Gasteiger partial charge in [0.25, 0.3) is 5.91 Å². The molecule has 0 radical (unpaired) electrons. The first kappa shape index (κ1) is 24.8. The summed E-state index contributed by atoms with van der Waals surface area (Å²) in [7, 11) is 3.20. The van der Waals surface area contributed by atoms with Gasteiger partial charge in [-0.3, -0.25) is 4.79 Å². The van der Waals surface area contributed by atoms with Crippen LogP contribution >= 0.6 is 27.3 Å². The molecule has 186 valence electrons. The SMILES string of the molecule is COc1ccc(-c2cc(-c3ccc(Br)cc3)nc3sc(C(=O)Nc4ccc(C)cc4)c(N)c23)cc1OC. The maximum Gasteiger partial charge on any atom is 0.267 e. The highest BCUT2D eigenvalue weighted by atomic mass is 79.9. The number of nitrogen functional groups attached to an aromatic ring is 1. The highest BCUT2D eigenvalue weighted by molar-refractivity contribution is 9.10. The van der Waals surface area contributed by atoms with Crippen molar-refractivity contribution in [2.75, 3.05) is 25.3 Å². The molecule has 0 bridgehead atoms. The lowest BCUT2D eigenvalue weighted by atomic mass is 9.99. The number of nitrogens with two attached hydrogens (primary N) is 1. The molecule has 3 N–H and O–H groups in total. The summed E-state index contributed by atoms with van der Waals surface area (Å²) in [6, 6.07) is 23.3. The summed E-state index contributed by atoms with van der Waals surface area (Å²) in [4.78, 5) is 19.3. The summed E-state index contributed by atoms with van der Waals surface area (Å²) < 4.78 is 12.0. The van der Waals surface area contributed by atoms with Gasteiger partial charge in [0.05, 0.1) is 25.6 Å². The molecular formula is C29H24BrN3O3S. The van der Waals surface area contributed by atoms with E-state index in [9.17, 15) is 4.79 Å². The van der Waals surface area contributed by atoms with E-state index < -0.39 is 0 Å². The monoisotopic (exact) mass is 573 g/mol. The van der Waals surface area contributed by atoms with Gasteiger partial charge in [-0.05, 0) is 60.5 Å². The second-order valence-electron chi connectivity index (χ2n) is 8.48. The standard InChI is InChI=1S/C29H24BrN3O3S/c1-16-4-11-20(12-5-16)32-28(34)27-26(31)25-21(18-8-13-23(35-2)24(14-18)36-3)15-22(33-29(25)37-27)17-6-9-19(30)10-7-17/h4-15H,31H2,1-3H3,(H,32,34). The van der Waals surface area contributed by atoms with Gasteiger partial charge in [-0.15, -0.1) is 11.3 Å². The topological polar surface area (TPSA) is 86.5 Å². The predicted octanol–water partition coefficient (Wildman–Crippen LogP) is 7.55. The first-order valence-corrected chi connectivity index (χ1v) is 13.1. The van der Waals surface area contributed by atoms with Crippen LogP contribution in [-0.4, -0.2) is 25.1 Å². The maximum absolute atomic E-state index is 13.3. The number of fused-ring (bicyclic) bond motifs is 1. The van der Waals surface area contributed by atoms with Crippen LogP contribution in [0.5, 0.6) is 11.5 Å². The van der Waals surface area contributed by atoms with Crippen molar-refractivity contribution in [3.63, 3.8) is 0 Å². The van der Waals surface area contributed by atoms with Crippen molar-refractivity contribution >= 4 is 54.8 Å². The van der Waals surface area contributed by atoms with Crippen LogP contribution in [-0.2, 0) is 0 Å². The number of halogens is 1. The summed E-state index contributed by atoms with van der Waals surface area (Å²) in [5.74, 6) is 0.954. The lowest BCUT2D eigenvalue weighted by molar-refractivity contribution is 0.103. The zero-order valence-electron chi connectivity index (χ0n) is 20.5. The van der Waals surface area contributed by atoms with Crippen LogP contribution in [0.2, 0.25) is 0 Å². The van der Waals surface area contributed by atoms with E-state index in [2.05, 4.69) is 21.2 Å². The summed E-state index contributed by atoms with van der Waals surface area (Å²) in [6.45, 7) is 2.00. The van der Waals surface area contributed by atoms with Gasteiger partial charge < -0.3 is 20.5 Å². The molecule has 2 heterocycles. The van der Waals surface area contributed by atoms with Crippen molar-refractivity contribution in [3.05, 3.63) is 87.7 Å². The second kappa shape index (κ2) is 10.2. The summed E-state index contributed by atoms with van der Waals surface area (Å²) in [5, 5.41) is 3.68. The van der Waals surface area contributed by atoms with Crippen molar-refractivity contribution in [1.29, 1.82) is 0 Å². The van der Waals surface area contributed by atoms with E-state index in [0.29, 0.717) is 32.6 Å². The Labute approximate surface area is 227 Å². The smallest absolute Gasteiger partial charge is 0.267 e. The fourth-order valence-electron chi connectivity index (χ4n) is 4.11. The molecule has 37 heavy (non-hydrogen) atoms. The number of hydrogen-bond donors (Lipinski definition) is 2. The summed E-state index contributed by atoms with van der Waals surface area (Å²) in [6.07, 6.45) is 0. The number of nitrogens with one attached hydrogen (secondary N) is 1. The molecule has 0 saturated heterocycles. The molecule has 3 aromatic carbocycles. The number of carbonyl (C=O) groups excluding carboxylic acids is 1. The first-order chi connectivity index (χ1) is 17.9. The molecular weight excluding hydrogens is 550 g/mol. The van der Waals surface area contributed by atoms with E-state index in [1.807, 2.05) is 79.7 Å². The number of nitrogens with zero attached hydrogens (tertiary/aromatic N) is 1. The van der Waals surface area contributed by atoms with Crippen LogP contribution in [0.3, 0.4) is 0 Å². The van der Waals surface area contributed by atoms with Gasteiger partial charge in [-0.25, -0.2) is 4.98 Å². The minimum Gasteiger partial charge on any atom is -0.493 e. The molecule has 0 fully saturated rings. The minimum atomic E-state index is -0.271. The van der Waals surface area contributed by atoms with Gasteiger partial charge in [-0.2, -0.15) is 0 Å². The number of carbonyl (C=O) groups is 1. The lowest BCUT2D eigenvalue weighted by Gasteiger charge is -2.12. The highest BCUT2D eigenvalue weighted by Crippen LogP contribution is 2.43. The van der Waals surface area contributed by atoms with Crippen molar-refractivity contribution < 1.29 is 14.3 Å². The number of pyridine rings is 1. The van der Waals surface area contributed by atoms with Crippen LogP contribution in [0, 0.1) is 6.92 Å². The quantitative estimate of drug-likeness (QED) is 0.219. The van der Waals surface area contributed by atoms with E-state index in [-0.39, 0.29) is 5.91 Å². The van der Waals surface area contributed by atoms with E-state index in [0.717, 1.165) is 37.8 Å². The Morgan fingerprint density at radius 1 is 0.919 bits per heavy atom. The third-order valence-electron chi connectivity index (χ3n) is 6.05. The average molecular weight is 575 g/mol. The van der Waals surface area contributed by atoms with E-state index in [4.69, 9.17) is 20.2 Å². The molecule has 8 heteroatoms. The van der Waals surface area contributed by atoms with E-state index >= 15 is 0 Å². The zero-order chi connectivity index (χ0) is 26.1. The average Bonchev–Trinajstić information content (AvgIpc) is 3.25. The van der Waals surface area contributed by atoms with Gasteiger partial charge in [0.2, 0.25) is 0 Å². The molecule has 0 saturated carbocycles. The second-order valence-corrected chi connectivity index (χ2v) is 10.4. The Bertz CT molecular complexity index is 1610. The molecule has 2 aromatic heterocycles. The molecule has 5 rings (SSSR count). The largest absolute Gasteiger partial charge is 0.493 e. The number of rotatable bonds is 6. The first-order valence-electron chi connectivity index (χ1n) is 11.5. The Balaban J connectivity index is 1.68. The molecule has 0 aliphatic carbocycles. The van der Waals surface area contributed by atoms with Crippen LogP contribution in [0.4, 0.5) is 11.4 Å². The van der Waals surface area contributed by atoms with Crippen LogP contribution in [0.1, 0.15) is 15.2 Å². The van der Waals surface area contributed by atoms with Crippen molar-refractivity contribution in [3.8, 4) is 33.9 Å². The van der Waals surface area contributed by atoms with E-state index in [1.165, 1.54) is 11.3 Å². The van der Waals surface area contributed by atoms with Crippen molar-refractivity contribution in [2.45, 2.75) is 6.92 Å². The van der Waals surface area contributed by atoms with E-state index in [1.54, 1.807) is 14.2 Å². The van der Waals surface area contributed by atoms with Gasteiger partial charge in [0.15, 0.2) is 11.5 Å². The van der Waals surface area contributed by atoms with Gasteiger partial charge >= 0.3 is 0 Å². The number of methoxy groups -OCH3 is 2. The number of amides is 1. The number of benzene rings is 3. The molecule has 0 unspecified atom stereocenters. The number of thiophene rings is 1. The lowest BCUT2D eigenvalue weighted by Crippen LogP contribution is -2.11. The van der Waals surface area contributed by atoms with Crippen LogP contribution < -0.4 is 20.5 Å². The molecule has 5 aromatic rings. The third kappa shape index (κ3) is 4.90. The van der Waals surface area contributed by atoms with Gasteiger partial charge in [-0.1, -0.05) is 51.8 Å². The normalized spacial score (nSPS) is 10.9. The number of aryl methyl sites for hydroxylation is 1. The molecule has 0 atom stereocenters. The number of anilines is 2. The van der Waals surface area contributed by atoms with Crippen LogP contribution in [0.15, 0.2) is 77.3 Å². The minimum absolute atomic E-state index is 0.271. The number of hydrogen-bond acceptors (Lipinski definition) is 6. The number of aromatic nitrogens is 1. The Morgan fingerprint density at radius 2 is 1.59 bits per heavy atom. The maximum atomic E-state index is 13.3.